The maximum atomic E-state index is 14.0. The molecule has 0 radical (unpaired) electrons. The van der Waals surface area contributed by atoms with E-state index in [4.69, 9.17) is 5.21 Å². The molecule has 0 aliphatic rings. The molecule has 3 aromatic rings. The lowest BCUT2D eigenvalue weighted by Gasteiger charge is -2.22. The van der Waals surface area contributed by atoms with E-state index in [1.165, 1.54) is 42.7 Å². The number of pyridine rings is 1. The van der Waals surface area contributed by atoms with Gasteiger partial charge in [0, 0.05) is 22.9 Å². The third-order valence-corrected chi connectivity index (χ3v) is 8.51. The van der Waals surface area contributed by atoms with Crippen molar-refractivity contribution < 1.29 is 36.7 Å². The fourth-order valence-corrected chi connectivity index (χ4v) is 5.23. The first kappa shape index (κ1) is 32.7. The fraction of sp³-hybridized carbons (Fsp3) is 0.429. The summed E-state index contributed by atoms with van der Waals surface area (Å²) in [6, 6.07) is 5.69. The SMILES string of the molecule is CCS(=O)(=O)c1ccc(C(CO)NC(=O)c2nc(C(C)(C)C)n(Cc3cnc(/C(C)=N\O)cc3C(F)(F)F)c2C)cc1. The summed E-state index contributed by atoms with van der Waals surface area (Å²) in [6.45, 7) is 9.04. The number of aliphatic hydroxyl groups is 1. The number of carbonyl (C=O) groups is 1. The average Bonchev–Trinajstić information content (AvgIpc) is 3.27. The minimum absolute atomic E-state index is 0.0371. The van der Waals surface area contributed by atoms with Gasteiger partial charge in [-0.25, -0.2) is 13.4 Å². The number of halogens is 3. The molecule has 2 heterocycles. The Labute approximate surface area is 242 Å². The van der Waals surface area contributed by atoms with E-state index in [1.54, 1.807) is 6.92 Å². The molecule has 1 atom stereocenters. The molecule has 0 fully saturated rings. The second-order valence-electron chi connectivity index (χ2n) is 10.8. The topological polar surface area (TPSA) is 147 Å². The Bertz CT molecular complexity index is 1590. The molecule has 228 valence electrons. The van der Waals surface area contributed by atoms with Crippen LogP contribution in [0, 0.1) is 6.92 Å². The smallest absolute Gasteiger partial charge is 0.411 e. The molecule has 1 unspecified atom stereocenters. The van der Waals surface area contributed by atoms with Crippen molar-refractivity contribution in [3.8, 4) is 0 Å². The maximum Gasteiger partial charge on any atom is 0.416 e. The van der Waals surface area contributed by atoms with Gasteiger partial charge in [-0.05, 0) is 37.6 Å². The molecule has 0 saturated heterocycles. The largest absolute Gasteiger partial charge is 0.416 e. The van der Waals surface area contributed by atoms with Gasteiger partial charge in [0.2, 0.25) is 0 Å². The first-order chi connectivity index (χ1) is 19.4. The number of oxime groups is 1. The summed E-state index contributed by atoms with van der Waals surface area (Å²) in [4.78, 5) is 22.0. The highest BCUT2D eigenvalue weighted by molar-refractivity contribution is 7.91. The predicted molar refractivity (Wildman–Crippen MR) is 149 cm³/mol. The van der Waals surface area contributed by atoms with Gasteiger partial charge in [0.25, 0.3) is 5.91 Å². The van der Waals surface area contributed by atoms with Gasteiger partial charge in [0.1, 0.15) is 17.2 Å². The number of aromatic nitrogens is 3. The first-order valence-corrected chi connectivity index (χ1v) is 14.7. The summed E-state index contributed by atoms with van der Waals surface area (Å²) >= 11 is 0. The number of nitrogens with one attached hydrogen (secondary N) is 1. The number of sulfone groups is 1. The zero-order valence-corrected chi connectivity index (χ0v) is 24.9. The Morgan fingerprint density at radius 3 is 2.29 bits per heavy atom. The van der Waals surface area contributed by atoms with Crippen molar-refractivity contribution in [1.29, 1.82) is 0 Å². The van der Waals surface area contributed by atoms with Gasteiger partial charge in [-0.15, -0.1) is 0 Å². The van der Waals surface area contributed by atoms with Crippen LogP contribution in [0.5, 0.6) is 0 Å². The van der Waals surface area contributed by atoms with Gasteiger partial charge in [0.05, 0.1) is 41.1 Å². The van der Waals surface area contributed by atoms with Crippen LogP contribution in [0.2, 0.25) is 0 Å². The summed E-state index contributed by atoms with van der Waals surface area (Å²) in [5, 5.41) is 24.6. The molecule has 0 aliphatic carbocycles. The standard InChI is InChI=1S/C28H34F3N5O5S/c1-7-42(40,41)20-10-8-18(9-11-20)23(15-37)33-25(38)24-17(3)36(26(34-24)27(4,5)6)14-19-13-32-22(16(2)35-39)12-21(19)28(29,30)31/h8-13,23,37,39H,7,14-15H2,1-6H3,(H,33,38)/b35-16-. The van der Waals surface area contributed by atoms with Crippen molar-refractivity contribution in [2.24, 2.45) is 5.16 Å². The number of nitrogens with zero attached hydrogens (tertiary/aromatic N) is 4. The summed E-state index contributed by atoms with van der Waals surface area (Å²) < 4.78 is 67.9. The number of carbonyl (C=O) groups excluding carboxylic acids is 1. The number of hydrogen-bond donors (Lipinski definition) is 3. The number of benzene rings is 1. The third kappa shape index (κ3) is 6.98. The lowest BCUT2D eigenvalue weighted by Crippen LogP contribution is -2.31. The molecule has 2 aromatic heterocycles. The van der Waals surface area contributed by atoms with Crippen molar-refractivity contribution >= 4 is 21.5 Å². The number of imidazole rings is 1. The zero-order valence-electron chi connectivity index (χ0n) is 24.1. The molecule has 3 rings (SSSR count). The molecule has 14 heteroatoms. The van der Waals surface area contributed by atoms with E-state index in [0.717, 1.165) is 12.3 Å². The molecular formula is C28H34F3N5O5S. The van der Waals surface area contributed by atoms with Crippen molar-refractivity contribution in [2.45, 2.75) is 70.6 Å². The molecule has 0 bridgehead atoms. The summed E-state index contributed by atoms with van der Waals surface area (Å²) in [5.41, 5.74) is -1.33. The molecule has 0 saturated carbocycles. The molecule has 3 N–H and O–H groups in total. The zero-order chi connectivity index (χ0) is 31.6. The number of rotatable bonds is 9. The van der Waals surface area contributed by atoms with E-state index in [2.05, 4.69) is 20.4 Å². The first-order valence-electron chi connectivity index (χ1n) is 13.0. The lowest BCUT2D eigenvalue weighted by atomic mass is 9.95. The Morgan fingerprint density at radius 1 is 1.17 bits per heavy atom. The van der Waals surface area contributed by atoms with Gasteiger partial charge in [-0.1, -0.05) is 45.0 Å². The van der Waals surface area contributed by atoms with Crippen LogP contribution in [0.3, 0.4) is 0 Å². The third-order valence-electron chi connectivity index (χ3n) is 6.76. The van der Waals surface area contributed by atoms with Gasteiger partial charge in [-0.2, -0.15) is 13.2 Å². The van der Waals surface area contributed by atoms with Gasteiger partial charge < -0.3 is 20.2 Å². The quantitative estimate of drug-likeness (QED) is 0.185. The van der Waals surface area contributed by atoms with Crippen LogP contribution in [0.15, 0.2) is 46.6 Å². The molecular weight excluding hydrogens is 575 g/mol. The van der Waals surface area contributed by atoms with Crippen molar-refractivity contribution in [1.82, 2.24) is 19.9 Å². The lowest BCUT2D eigenvalue weighted by molar-refractivity contribution is -0.138. The van der Waals surface area contributed by atoms with Gasteiger partial charge >= 0.3 is 6.18 Å². The minimum atomic E-state index is -4.74. The Morgan fingerprint density at radius 2 is 1.79 bits per heavy atom. The highest BCUT2D eigenvalue weighted by Crippen LogP contribution is 2.34. The second kappa shape index (κ2) is 12.2. The van der Waals surface area contributed by atoms with Crippen LogP contribution in [-0.4, -0.2) is 57.2 Å². The monoisotopic (exact) mass is 609 g/mol. The summed E-state index contributed by atoms with van der Waals surface area (Å²) in [5.74, 6) is -0.392. The van der Waals surface area contributed by atoms with E-state index in [1.807, 2.05) is 20.8 Å². The van der Waals surface area contributed by atoms with Crippen LogP contribution in [0.1, 0.15) is 85.1 Å². The summed E-state index contributed by atoms with van der Waals surface area (Å²) in [6.07, 6.45) is -3.68. The van der Waals surface area contributed by atoms with E-state index >= 15 is 0 Å². The van der Waals surface area contributed by atoms with Crippen molar-refractivity contribution in [3.05, 3.63) is 76.1 Å². The Balaban J connectivity index is 2.01. The second-order valence-corrected chi connectivity index (χ2v) is 13.1. The van der Waals surface area contributed by atoms with Gasteiger partial charge in [-0.3, -0.25) is 9.78 Å². The fourth-order valence-electron chi connectivity index (χ4n) is 4.34. The molecule has 1 amide bonds. The summed E-state index contributed by atoms with van der Waals surface area (Å²) in [7, 11) is -3.44. The number of amides is 1. The van der Waals surface area contributed by atoms with Crippen LogP contribution >= 0.6 is 0 Å². The number of alkyl halides is 3. The van der Waals surface area contributed by atoms with Gasteiger partial charge in [0.15, 0.2) is 9.84 Å². The molecule has 0 spiro atoms. The van der Waals surface area contributed by atoms with E-state index < -0.39 is 45.5 Å². The normalized spacial score (nSPS) is 13.7. The molecule has 10 nitrogen and oxygen atoms in total. The highest BCUT2D eigenvalue weighted by atomic mass is 32.2. The Kier molecular flexibility index (Phi) is 9.52. The highest BCUT2D eigenvalue weighted by Gasteiger charge is 2.36. The van der Waals surface area contributed by atoms with Crippen LogP contribution in [-0.2, 0) is 28.0 Å². The van der Waals surface area contributed by atoms with E-state index in [0.29, 0.717) is 17.1 Å². The van der Waals surface area contributed by atoms with Crippen molar-refractivity contribution in [2.75, 3.05) is 12.4 Å². The van der Waals surface area contributed by atoms with Crippen LogP contribution < -0.4 is 5.32 Å². The van der Waals surface area contributed by atoms with Crippen molar-refractivity contribution in [3.63, 3.8) is 0 Å². The average molecular weight is 610 g/mol. The molecule has 1 aromatic carbocycles. The minimum Gasteiger partial charge on any atom is -0.411 e. The van der Waals surface area contributed by atoms with Crippen LogP contribution in [0.4, 0.5) is 13.2 Å². The Hall–Kier alpha value is -3.78. The predicted octanol–water partition coefficient (Wildman–Crippen LogP) is 4.41. The molecule has 0 aliphatic heterocycles. The maximum absolute atomic E-state index is 14.0. The number of hydrogen-bond acceptors (Lipinski definition) is 8. The van der Waals surface area contributed by atoms with E-state index in [-0.39, 0.29) is 39.9 Å². The van der Waals surface area contributed by atoms with Crippen LogP contribution in [0.25, 0.3) is 0 Å². The van der Waals surface area contributed by atoms with E-state index in [9.17, 15) is 31.5 Å². The molecule has 42 heavy (non-hydrogen) atoms. The number of aliphatic hydroxyl groups excluding tert-OH is 1.